The summed E-state index contributed by atoms with van der Waals surface area (Å²) in [5.74, 6) is -1.14. The van der Waals surface area contributed by atoms with E-state index in [1.165, 1.54) is 23.1 Å². The molecule has 3 amide bonds. The van der Waals surface area contributed by atoms with E-state index in [4.69, 9.17) is 4.74 Å². The molecule has 6 nitrogen and oxygen atoms in total. The van der Waals surface area contributed by atoms with Gasteiger partial charge in [-0.15, -0.1) is 0 Å². The van der Waals surface area contributed by atoms with Crippen molar-refractivity contribution in [3.63, 3.8) is 0 Å². The van der Waals surface area contributed by atoms with Crippen LogP contribution in [-0.2, 0) is 14.9 Å². The van der Waals surface area contributed by atoms with Crippen molar-refractivity contribution in [1.82, 2.24) is 10.6 Å². The Bertz CT molecular complexity index is 963. The summed E-state index contributed by atoms with van der Waals surface area (Å²) >= 11 is 0. The van der Waals surface area contributed by atoms with Crippen LogP contribution in [0.25, 0.3) is 0 Å². The van der Waals surface area contributed by atoms with E-state index in [0.29, 0.717) is 45.6 Å². The maximum Gasteiger partial charge on any atom is 0.315 e. The number of carbonyl (C=O) groups excluding carboxylic acids is 2. The van der Waals surface area contributed by atoms with E-state index in [1.807, 2.05) is 6.07 Å². The molecule has 2 heterocycles. The second kappa shape index (κ2) is 9.01. The number of hydrogen-bond donors (Lipinski definition) is 2. The van der Waals surface area contributed by atoms with Crippen LogP contribution in [0.4, 0.5) is 19.3 Å². The first kappa shape index (κ1) is 21.2. The minimum Gasteiger partial charge on any atom is -0.381 e. The van der Waals surface area contributed by atoms with Gasteiger partial charge in [0.05, 0.1) is 5.69 Å². The lowest BCUT2D eigenvalue weighted by Gasteiger charge is -2.38. The third-order valence-electron chi connectivity index (χ3n) is 6.13. The summed E-state index contributed by atoms with van der Waals surface area (Å²) in [6.45, 7) is 1.68. The van der Waals surface area contributed by atoms with Crippen molar-refractivity contribution in [2.75, 3.05) is 31.2 Å². The second-order valence-corrected chi connectivity index (χ2v) is 8.01. The fourth-order valence-corrected chi connectivity index (χ4v) is 4.33. The molecule has 1 atom stereocenters. The van der Waals surface area contributed by atoms with Crippen LogP contribution in [0.2, 0.25) is 0 Å². The summed E-state index contributed by atoms with van der Waals surface area (Å²) in [7, 11) is 0. The molecule has 0 radical (unpaired) electrons. The van der Waals surface area contributed by atoms with Gasteiger partial charge in [-0.3, -0.25) is 4.79 Å². The number of ether oxygens (including phenoxy) is 1. The fraction of sp³-hybridized carbons (Fsp3) is 0.391. The lowest BCUT2D eigenvalue weighted by atomic mass is 9.74. The Morgan fingerprint density at radius 2 is 1.90 bits per heavy atom. The molecular weight excluding hydrogens is 404 g/mol. The number of halogens is 2. The zero-order chi connectivity index (χ0) is 21.8. The minimum absolute atomic E-state index is 0.212. The number of nitrogens with one attached hydrogen (secondary N) is 2. The van der Waals surface area contributed by atoms with E-state index < -0.39 is 23.3 Å². The smallest absolute Gasteiger partial charge is 0.315 e. The van der Waals surface area contributed by atoms with Crippen molar-refractivity contribution >= 4 is 17.6 Å². The van der Waals surface area contributed by atoms with Crippen molar-refractivity contribution in [2.45, 2.75) is 30.7 Å². The third kappa shape index (κ3) is 4.54. The predicted molar refractivity (Wildman–Crippen MR) is 112 cm³/mol. The molecule has 0 aliphatic carbocycles. The molecule has 1 unspecified atom stereocenters. The van der Waals surface area contributed by atoms with E-state index in [2.05, 4.69) is 10.6 Å². The van der Waals surface area contributed by atoms with E-state index in [9.17, 15) is 18.4 Å². The predicted octanol–water partition coefficient (Wildman–Crippen LogP) is 3.12. The Hall–Kier alpha value is -3.00. The lowest BCUT2D eigenvalue weighted by Crippen LogP contribution is -2.51. The highest BCUT2D eigenvalue weighted by molar-refractivity contribution is 6.01. The zero-order valence-electron chi connectivity index (χ0n) is 17.1. The van der Waals surface area contributed by atoms with Gasteiger partial charge < -0.3 is 20.3 Å². The highest BCUT2D eigenvalue weighted by Crippen LogP contribution is 2.34. The van der Waals surface area contributed by atoms with Gasteiger partial charge in [0.2, 0.25) is 5.91 Å². The number of benzene rings is 2. The van der Waals surface area contributed by atoms with Crippen LogP contribution >= 0.6 is 0 Å². The Morgan fingerprint density at radius 1 is 1.13 bits per heavy atom. The number of rotatable bonds is 5. The van der Waals surface area contributed by atoms with Crippen LogP contribution in [0.3, 0.4) is 0 Å². The van der Waals surface area contributed by atoms with Gasteiger partial charge in [-0.2, -0.15) is 0 Å². The number of urea groups is 1. The average Bonchev–Trinajstić information content (AvgIpc) is 3.13. The summed E-state index contributed by atoms with van der Waals surface area (Å²) in [4.78, 5) is 26.6. The van der Waals surface area contributed by atoms with Crippen molar-refractivity contribution in [3.8, 4) is 0 Å². The number of nitrogens with zero attached hydrogens (tertiary/aromatic N) is 1. The quantitative estimate of drug-likeness (QED) is 0.767. The number of amides is 3. The normalized spacial score (nSPS) is 20.5. The highest BCUT2D eigenvalue weighted by atomic mass is 19.1. The van der Waals surface area contributed by atoms with Gasteiger partial charge in [0.1, 0.15) is 17.7 Å². The molecular formula is C23H25F2N3O3. The van der Waals surface area contributed by atoms with Crippen LogP contribution in [0.5, 0.6) is 0 Å². The highest BCUT2D eigenvalue weighted by Gasteiger charge is 2.37. The van der Waals surface area contributed by atoms with Crippen LogP contribution in [-0.4, -0.2) is 44.3 Å². The van der Waals surface area contributed by atoms with Crippen LogP contribution in [0.1, 0.15) is 24.8 Å². The molecule has 0 saturated carbocycles. The molecule has 2 N–H and O–H groups in total. The SMILES string of the molecule is O=C(NCC1(c2cccc(F)c2)CCOCC1)NC1CCN(c2ccccc2F)C1=O. The largest absolute Gasteiger partial charge is 0.381 e. The second-order valence-electron chi connectivity index (χ2n) is 8.01. The number of carbonyl (C=O) groups is 2. The fourth-order valence-electron chi connectivity index (χ4n) is 4.33. The Balaban J connectivity index is 1.39. The summed E-state index contributed by atoms with van der Waals surface area (Å²) in [5, 5.41) is 5.55. The number of hydrogen-bond acceptors (Lipinski definition) is 3. The monoisotopic (exact) mass is 429 g/mol. The molecule has 2 aromatic carbocycles. The van der Waals surface area contributed by atoms with Crippen molar-refractivity contribution in [2.24, 2.45) is 0 Å². The molecule has 8 heteroatoms. The third-order valence-corrected chi connectivity index (χ3v) is 6.13. The first-order valence-electron chi connectivity index (χ1n) is 10.4. The lowest BCUT2D eigenvalue weighted by molar-refractivity contribution is -0.118. The number of para-hydroxylation sites is 1. The molecule has 2 aromatic rings. The van der Waals surface area contributed by atoms with Gasteiger partial charge in [0.25, 0.3) is 0 Å². The summed E-state index contributed by atoms with van der Waals surface area (Å²) in [6, 6.07) is 11.3. The van der Waals surface area contributed by atoms with Crippen molar-refractivity contribution < 1.29 is 23.1 Å². The van der Waals surface area contributed by atoms with Crippen LogP contribution in [0, 0.1) is 11.6 Å². The molecule has 31 heavy (non-hydrogen) atoms. The van der Waals surface area contributed by atoms with Gasteiger partial charge >= 0.3 is 6.03 Å². The molecule has 164 valence electrons. The minimum atomic E-state index is -0.723. The average molecular weight is 429 g/mol. The molecule has 0 bridgehead atoms. The summed E-state index contributed by atoms with van der Waals surface area (Å²) in [6.07, 6.45) is 1.70. The van der Waals surface area contributed by atoms with Gasteiger partial charge in [-0.05, 0) is 49.1 Å². The Kier molecular flexibility index (Phi) is 6.18. The Morgan fingerprint density at radius 3 is 2.65 bits per heavy atom. The van der Waals surface area contributed by atoms with E-state index in [-0.39, 0.29) is 17.4 Å². The van der Waals surface area contributed by atoms with Gasteiger partial charge in [-0.1, -0.05) is 24.3 Å². The first-order chi connectivity index (χ1) is 15.0. The molecule has 2 aliphatic rings. The standard InChI is InChI=1S/C23H25F2N3O3/c24-17-5-3-4-16(14-17)23(9-12-31-13-10-23)15-26-22(30)27-19-8-11-28(21(19)29)20-7-2-1-6-18(20)25/h1-7,14,19H,8-13,15H2,(H2,26,27,30). The topological polar surface area (TPSA) is 70.7 Å². The number of anilines is 1. The molecule has 2 aliphatic heterocycles. The molecule has 0 spiro atoms. The molecule has 0 aromatic heterocycles. The zero-order valence-corrected chi connectivity index (χ0v) is 17.1. The van der Waals surface area contributed by atoms with E-state index in [1.54, 1.807) is 24.3 Å². The maximum atomic E-state index is 14.0. The summed E-state index contributed by atoms with van der Waals surface area (Å²) in [5.41, 5.74) is 0.597. The summed E-state index contributed by atoms with van der Waals surface area (Å²) < 4.78 is 33.3. The van der Waals surface area contributed by atoms with Crippen LogP contribution in [0.15, 0.2) is 48.5 Å². The van der Waals surface area contributed by atoms with E-state index >= 15 is 0 Å². The Labute approximate surface area is 179 Å². The van der Waals surface area contributed by atoms with Gasteiger partial charge in [0.15, 0.2) is 0 Å². The first-order valence-corrected chi connectivity index (χ1v) is 10.4. The molecule has 2 saturated heterocycles. The van der Waals surface area contributed by atoms with Gasteiger partial charge in [-0.25, -0.2) is 13.6 Å². The van der Waals surface area contributed by atoms with E-state index in [0.717, 1.165) is 5.56 Å². The molecule has 2 fully saturated rings. The van der Waals surface area contributed by atoms with Crippen molar-refractivity contribution in [3.05, 3.63) is 65.7 Å². The molecule has 4 rings (SSSR count). The maximum absolute atomic E-state index is 14.0. The van der Waals surface area contributed by atoms with Gasteiger partial charge in [0, 0.05) is 31.7 Å². The van der Waals surface area contributed by atoms with Crippen LogP contribution < -0.4 is 15.5 Å². The van der Waals surface area contributed by atoms with Crippen molar-refractivity contribution in [1.29, 1.82) is 0 Å².